The molecule has 0 aromatic heterocycles. The number of carbonyl (C=O) groups is 11. The van der Waals surface area contributed by atoms with E-state index >= 15 is 14.4 Å². The Labute approximate surface area is 536 Å². The molecule has 0 aliphatic carbocycles. The van der Waals surface area contributed by atoms with Crippen molar-refractivity contribution in [3.63, 3.8) is 0 Å². The number of aliphatic hydroxyl groups is 2. The zero-order valence-electron chi connectivity index (χ0n) is 58.0. The fourth-order valence-corrected chi connectivity index (χ4v) is 11.7. The number of thioether (sulfide) groups is 1. The summed E-state index contributed by atoms with van der Waals surface area (Å²) < 4.78 is 0. The summed E-state index contributed by atoms with van der Waals surface area (Å²) in [5.41, 5.74) is 0. The van der Waals surface area contributed by atoms with Crippen LogP contribution in [0.2, 0.25) is 0 Å². The van der Waals surface area contributed by atoms with Gasteiger partial charge in [0.15, 0.2) is 0 Å². The molecule has 0 aromatic carbocycles. The Morgan fingerprint density at radius 1 is 0.506 bits per heavy atom. The Kier molecular flexibility index (Phi) is 34.8. The Bertz CT molecular complexity index is 2410. The van der Waals surface area contributed by atoms with E-state index in [0.29, 0.717) is 6.42 Å². The van der Waals surface area contributed by atoms with E-state index in [0.717, 1.165) is 9.80 Å². The molecule has 89 heavy (non-hydrogen) atoms. The molecule has 11 amide bonds. The SMILES string of the molecule is C/C=C/C[C@@H](C)[C@@H](O)[C@H]1C(=O)N[C@@H](CC)C(=O)N(C)CC(=O)N(C)[C@@H](CC(C)C)C(=O)N[C@@H](C(C)C)C(=O)N(C)[C@@H](CC(C)C)C(=O)N[C@@H](C)C(=O)N[C@H](CSCCO)C(=O)N(C)[C@@H](CC(C)C)C(=O)N(C)[C@@H](CC(C)C)C(=O)N(C)[C@@H](C(C)C)C(=O)N1C. The smallest absolute Gasteiger partial charge is 0.246 e. The second-order valence-corrected chi connectivity index (χ2v) is 27.9. The molecule has 0 spiro atoms. The van der Waals surface area contributed by atoms with Crippen molar-refractivity contribution in [1.29, 1.82) is 0 Å². The Hall–Kier alpha value is -5.82. The number of nitrogens with one attached hydrogen (secondary N) is 4. The standard InChI is InChI=1S/C64H115N11O13S/c1-24-26-27-42(15)54(78)53-58(82)66-44(25-2)59(83)69(17)34-50(77)70(18)46(30-36(3)4)57(81)68-51(40(11)12)63(87)71(19)47(31-37(5)6)56(80)65-43(16)55(79)67-45(35-89-29-28-76)60(84)72(20)48(32-38(7)8)61(85)73(21)49(33-39(9)10)62(86)74(22)52(41(13)14)64(88)75(53)23/h24,26,36-49,51-54,76,78H,25,27-35H2,1-23H3,(H,65,80)(H,66,82)(H,67,79)(H,68,81)/b26-24+/t42-,43+,44+,45-,46+,47+,48+,49+,51+,52+,53+,54-/m1/s1. The summed E-state index contributed by atoms with van der Waals surface area (Å²) in [6.07, 6.45) is 2.91. The van der Waals surface area contributed by atoms with Gasteiger partial charge in [0.05, 0.1) is 19.3 Å². The number of carbonyl (C=O) groups excluding carboxylic acids is 11. The van der Waals surface area contributed by atoms with Crippen LogP contribution in [-0.2, 0) is 52.7 Å². The molecule has 510 valence electrons. The van der Waals surface area contributed by atoms with Crippen molar-refractivity contribution in [2.75, 3.05) is 74.0 Å². The van der Waals surface area contributed by atoms with Gasteiger partial charge in [-0.3, -0.25) is 52.7 Å². The zero-order chi connectivity index (χ0) is 68.8. The molecule has 24 nitrogen and oxygen atoms in total. The lowest BCUT2D eigenvalue weighted by molar-refractivity contribution is -0.157. The van der Waals surface area contributed by atoms with Crippen LogP contribution in [0.3, 0.4) is 0 Å². The fourth-order valence-electron chi connectivity index (χ4n) is 11.0. The first kappa shape index (κ1) is 81.2. The van der Waals surface area contributed by atoms with Gasteiger partial charge in [-0.05, 0) is 93.8 Å². The molecule has 25 heteroatoms. The predicted octanol–water partition coefficient (Wildman–Crippen LogP) is 2.97. The van der Waals surface area contributed by atoms with Gasteiger partial charge in [-0.1, -0.05) is 109 Å². The van der Waals surface area contributed by atoms with E-state index in [2.05, 4.69) is 21.3 Å². The van der Waals surface area contributed by atoms with Gasteiger partial charge in [0, 0.05) is 60.8 Å². The maximum Gasteiger partial charge on any atom is 0.246 e. The fraction of sp³-hybridized carbons (Fsp3) is 0.797. The topological polar surface area (TPSA) is 299 Å². The number of nitrogens with zero attached hydrogens (tertiary/aromatic N) is 7. The van der Waals surface area contributed by atoms with E-state index in [9.17, 15) is 48.6 Å². The zero-order valence-corrected chi connectivity index (χ0v) is 58.9. The normalized spacial score (nSPS) is 26.2. The number of hydrogen-bond donors (Lipinski definition) is 6. The number of allylic oxidation sites excluding steroid dienone is 2. The molecule has 1 fully saturated rings. The van der Waals surface area contributed by atoms with Crippen molar-refractivity contribution >= 4 is 76.7 Å². The summed E-state index contributed by atoms with van der Waals surface area (Å²) in [5, 5.41) is 33.0. The molecule has 0 unspecified atom stereocenters. The van der Waals surface area contributed by atoms with Crippen molar-refractivity contribution in [3.8, 4) is 0 Å². The van der Waals surface area contributed by atoms with Crippen LogP contribution in [0.1, 0.15) is 149 Å². The van der Waals surface area contributed by atoms with Crippen LogP contribution in [-0.4, -0.2) is 250 Å². The Morgan fingerprint density at radius 3 is 1.40 bits per heavy atom. The average molecular weight is 1280 g/mol. The highest BCUT2D eigenvalue weighted by atomic mass is 32.2. The van der Waals surface area contributed by atoms with E-state index in [1.54, 1.807) is 60.6 Å². The second-order valence-electron chi connectivity index (χ2n) is 26.7. The number of hydrogen-bond acceptors (Lipinski definition) is 14. The Balaban J connectivity index is 4.44. The van der Waals surface area contributed by atoms with Crippen LogP contribution in [0.5, 0.6) is 0 Å². The Morgan fingerprint density at radius 2 is 0.944 bits per heavy atom. The van der Waals surface area contributed by atoms with E-state index < -0.39 is 156 Å². The molecular formula is C64H115N11O13S. The minimum Gasteiger partial charge on any atom is -0.396 e. The van der Waals surface area contributed by atoms with Crippen LogP contribution in [0, 0.1) is 41.4 Å². The second kappa shape index (κ2) is 38.1. The lowest BCUT2D eigenvalue weighted by Gasteiger charge is -2.41. The first-order valence-corrected chi connectivity index (χ1v) is 32.9. The predicted molar refractivity (Wildman–Crippen MR) is 347 cm³/mol. The van der Waals surface area contributed by atoms with Gasteiger partial charge < -0.3 is 65.8 Å². The van der Waals surface area contributed by atoms with Crippen LogP contribution < -0.4 is 21.3 Å². The monoisotopic (exact) mass is 1280 g/mol. The molecular weight excluding hydrogens is 1160 g/mol. The quantitative estimate of drug-likeness (QED) is 0.0801. The van der Waals surface area contributed by atoms with Gasteiger partial charge in [0.2, 0.25) is 65.0 Å². The summed E-state index contributed by atoms with van der Waals surface area (Å²) in [5.74, 6) is -9.92. The molecule has 1 aliphatic heterocycles. The van der Waals surface area contributed by atoms with Gasteiger partial charge >= 0.3 is 0 Å². The number of rotatable bonds is 19. The van der Waals surface area contributed by atoms with E-state index in [1.165, 1.54) is 92.5 Å². The molecule has 0 saturated carbocycles. The van der Waals surface area contributed by atoms with Gasteiger partial charge in [0.25, 0.3) is 0 Å². The lowest BCUT2D eigenvalue weighted by atomic mass is 9.91. The summed E-state index contributed by atoms with van der Waals surface area (Å²) in [6.45, 7) is 27.5. The third kappa shape index (κ3) is 23.7. The highest BCUT2D eigenvalue weighted by molar-refractivity contribution is 7.99. The molecule has 0 bridgehead atoms. The molecule has 1 saturated heterocycles. The minimum absolute atomic E-state index is 0.0142. The summed E-state index contributed by atoms with van der Waals surface area (Å²) in [7, 11) is 9.87. The highest BCUT2D eigenvalue weighted by Crippen LogP contribution is 2.26. The summed E-state index contributed by atoms with van der Waals surface area (Å²) >= 11 is 1.17. The molecule has 1 aliphatic rings. The first-order chi connectivity index (χ1) is 41.2. The van der Waals surface area contributed by atoms with Crippen molar-refractivity contribution < 1.29 is 63.0 Å². The minimum atomic E-state index is -1.63. The molecule has 1 heterocycles. The number of aliphatic hydroxyl groups excluding tert-OH is 2. The molecule has 0 aromatic rings. The molecule has 1 rings (SSSR count). The van der Waals surface area contributed by atoms with Crippen LogP contribution >= 0.6 is 11.8 Å². The third-order valence-corrected chi connectivity index (χ3v) is 17.5. The largest absolute Gasteiger partial charge is 0.396 e. The van der Waals surface area contributed by atoms with Gasteiger partial charge in [-0.25, -0.2) is 0 Å². The maximum atomic E-state index is 15.2. The van der Waals surface area contributed by atoms with Gasteiger partial charge in [0.1, 0.15) is 60.4 Å². The number of likely N-dealkylation sites (N-methyl/N-ethyl adjacent to an activating group) is 7. The number of amides is 11. The lowest BCUT2D eigenvalue weighted by Crippen LogP contribution is -2.63. The maximum absolute atomic E-state index is 15.2. The first-order valence-electron chi connectivity index (χ1n) is 31.8. The summed E-state index contributed by atoms with van der Waals surface area (Å²) in [6, 6.07) is -12.7. The highest BCUT2D eigenvalue weighted by Gasteiger charge is 2.46. The molecule has 6 N–H and O–H groups in total. The van der Waals surface area contributed by atoms with Crippen LogP contribution in [0.15, 0.2) is 12.2 Å². The molecule has 12 atom stereocenters. The van der Waals surface area contributed by atoms with Gasteiger partial charge in [-0.2, -0.15) is 11.8 Å². The van der Waals surface area contributed by atoms with Crippen molar-refractivity contribution in [2.24, 2.45) is 41.4 Å². The van der Waals surface area contributed by atoms with Crippen LogP contribution in [0.25, 0.3) is 0 Å². The van der Waals surface area contributed by atoms with E-state index in [-0.39, 0.29) is 73.9 Å². The van der Waals surface area contributed by atoms with Crippen LogP contribution in [0.4, 0.5) is 0 Å². The molecule has 0 radical (unpaired) electrons. The summed E-state index contributed by atoms with van der Waals surface area (Å²) in [4.78, 5) is 170. The van der Waals surface area contributed by atoms with E-state index in [4.69, 9.17) is 0 Å². The van der Waals surface area contributed by atoms with Crippen molar-refractivity contribution in [3.05, 3.63) is 12.2 Å². The third-order valence-electron chi connectivity index (χ3n) is 16.5. The van der Waals surface area contributed by atoms with Crippen molar-refractivity contribution in [1.82, 2.24) is 55.6 Å². The van der Waals surface area contributed by atoms with E-state index in [1.807, 2.05) is 55.4 Å². The van der Waals surface area contributed by atoms with Gasteiger partial charge in [-0.15, -0.1) is 0 Å². The average Bonchev–Trinajstić information content (AvgIpc) is 2.46. The van der Waals surface area contributed by atoms with Crippen molar-refractivity contribution in [2.45, 2.75) is 216 Å².